The Morgan fingerprint density at radius 1 is 0.857 bits per heavy atom. The van der Waals surface area contributed by atoms with Crippen LogP contribution in [0.1, 0.15) is 22.4 Å². The highest BCUT2D eigenvalue weighted by atomic mass is 16.3. The van der Waals surface area contributed by atoms with Crippen LogP contribution in [-0.4, -0.2) is 10.1 Å². The van der Waals surface area contributed by atoms with E-state index in [1.54, 1.807) is 6.20 Å². The van der Waals surface area contributed by atoms with Crippen molar-refractivity contribution in [3.63, 3.8) is 0 Å². The summed E-state index contributed by atoms with van der Waals surface area (Å²) in [4.78, 5) is 4.39. The van der Waals surface area contributed by atoms with Gasteiger partial charge in [0.1, 0.15) is 5.60 Å². The van der Waals surface area contributed by atoms with Crippen LogP contribution in [0.15, 0.2) is 66.9 Å². The molecule has 2 aromatic carbocycles. The van der Waals surface area contributed by atoms with Crippen LogP contribution in [0.3, 0.4) is 0 Å². The monoisotopic (exact) mass is 273 g/mol. The van der Waals surface area contributed by atoms with Crippen molar-refractivity contribution in [2.75, 3.05) is 0 Å². The van der Waals surface area contributed by atoms with Gasteiger partial charge < -0.3 is 5.11 Å². The molecule has 1 aliphatic rings. The lowest BCUT2D eigenvalue weighted by Gasteiger charge is -2.26. The Labute approximate surface area is 123 Å². The van der Waals surface area contributed by atoms with E-state index in [1.807, 2.05) is 55.5 Å². The van der Waals surface area contributed by atoms with Gasteiger partial charge in [-0.2, -0.15) is 0 Å². The molecule has 2 heteroatoms. The van der Waals surface area contributed by atoms with Gasteiger partial charge >= 0.3 is 0 Å². The molecule has 1 heterocycles. The molecule has 0 fully saturated rings. The van der Waals surface area contributed by atoms with Gasteiger partial charge in [0.05, 0.1) is 0 Å². The summed E-state index contributed by atoms with van der Waals surface area (Å²) in [6.45, 7) is 1.97. The lowest BCUT2D eigenvalue weighted by molar-refractivity contribution is 0.130. The van der Waals surface area contributed by atoms with Gasteiger partial charge in [-0.05, 0) is 29.7 Å². The molecule has 3 aromatic rings. The molecule has 102 valence electrons. The summed E-state index contributed by atoms with van der Waals surface area (Å²) in [7, 11) is 0. The summed E-state index contributed by atoms with van der Waals surface area (Å²) in [5.41, 5.74) is 4.67. The molecule has 0 saturated carbocycles. The van der Waals surface area contributed by atoms with Crippen LogP contribution in [0, 0.1) is 6.92 Å². The van der Waals surface area contributed by atoms with E-state index in [-0.39, 0.29) is 0 Å². The highest BCUT2D eigenvalue weighted by Gasteiger charge is 2.43. The summed E-state index contributed by atoms with van der Waals surface area (Å²) in [5, 5.41) is 11.5. The van der Waals surface area contributed by atoms with Crippen molar-refractivity contribution < 1.29 is 5.11 Å². The van der Waals surface area contributed by atoms with Crippen molar-refractivity contribution in [2.24, 2.45) is 0 Å². The Kier molecular flexibility index (Phi) is 2.50. The topological polar surface area (TPSA) is 33.1 Å². The van der Waals surface area contributed by atoms with E-state index in [9.17, 15) is 5.11 Å². The number of aromatic nitrogens is 1. The minimum absolute atomic E-state index is 0.862. The van der Waals surface area contributed by atoms with Crippen LogP contribution in [0.2, 0.25) is 0 Å². The molecule has 1 N–H and O–H groups in total. The predicted octanol–water partition coefficient (Wildman–Crippen LogP) is 3.65. The van der Waals surface area contributed by atoms with Crippen LogP contribution >= 0.6 is 0 Å². The molecule has 1 aliphatic carbocycles. The molecule has 2 nitrogen and oxygen atoms in total. The third kappa shape index (κ3) is 1.60. The standard InChI is InChI=1S/C19H15NO/c1-13-11-16-15-9-5-6-10-17(15)19(21,18(16)12-20-13)14-7-3-2-4-8-14/h2-12,21H,1H3. The molecule has 0 aliphatic heterocycles. The van der Waals surface area contributed by atoms with Gasteiger partial charge in [0, 0.05) is 23.0 Å². The molecular formula is C19H15NO. The first-order chi connectivity index (χ1) is 10.2. The maximum absolute atomic E-state index is 11.5. The Balaban J connectivity index is 2.10. The summed E-state index contributed by atoms with van der Waals surface area (Å²) in [6.07, 6.45) is 1.80. The van der Waals surface area contributed by atoms with Crippen molar-refractivity contribution >= 4 is 0 Å². The molecule has 4 rings (SSSR count). The number of aryl methyl sites for hydroxylation is 1. The molecule has 1 atom stereocenters. The molecule has 0 spiro atoms. The Bertz CT molecular complexity index is 826. The zero-order valence-electron chi connectivity index (χ0n) is 11.7. The van der Waals surface area contributed by atoms with Crippen molar-refractivity contribution in [3.8, 4) is 11.1 Å². The lowest BCUT2D eigenvalue weighted by Crippen LogP contribution is -2.26. The average Bonchev–Trinajstić information content (AvgIpc) is 2.79. The minimum atomic E-state index is -1.12. The fraction of sp³-hybridized carbons (Fsp3) is 0.105. The molecule has 0 saturated heterocycles. The minimum Gasteiger partial charge on any atom is -0.376 e. The Morgan fingerprint density at radius 3 is 2.38 bits per heavy atom. The Morgan fingerprint density at radius 2 is 1.57 bits per heavy atom. The number of aliphatic hydroxyl groups is 1. The second-order valence-corrected chi connectivity index (χ2v) is 5.49. The van der Waals surface area contributed by atoms with Gasteiger partial charge in [0.15, 0.2) is 0 Å². The maximum Gasteiger partial charge on any atom is 0.143 e. The van der Waals surface area contributed by atoms with Crippen molar-refractivity contribution in [1.29, 1.82) is 0 Å². The quantitative estimate of drug-likeness (QED) is 0.734. The van der Waals surface area contributed by atoms with Gasteiger partial charge in [-0.1, -0.05) is 54.6 Å². The Hall–Kier alpha value is -2.45. The second-order valence-electron chi connectivity index (χ2n) is 5.49. The van der Waals surface area contributed by atoms with E-state index in [4.69, 9.17) is 0 Å². The number of benzene rings is 2. The molecule has 21 heavy (non-hydrogen) atoms. The predicted molar refractivity (Wildman–Crippen MR) is 83.0 cm³/mol. The van der Waals surface area contributed by atoms with Gasteiger partial charge in [-0.15, -0.1) is 0 Å². The molecule has 0 radical (unpaired) electrons. The number of hydrogen-bond acceptors (Lipinski definition) is 2. The van der Waals surface area contributed by atoms with E-state index in [0.717, 1.165) is 33.5 Å². The van der Waals surface area contributed by atoms with Gasteiger partial charge in [0.25, 0.3) is 0 Å². The zero-order valence-corrected chi connectivity index (χ0v) is 11.7. The first-order valence-electron chi connectivity index (χ1n) is 7.06. The van der Waals surface area contributed by atoms with Crippen molar-refractivity contribution in [1.82, 2.24) is 4.98 Å². The third-order valence-electron chi connectivity index (χ3n) is 4.23. The van der Waals surface area contributed by atoms with Crippen molar-refractivity contribution in [2.45, 2.75) is 12.5 Å². The highest BCUT2D eigenvalue weighted by Crippen LogP contribution is 2.50. The summed E-state index contributed by atoms with van der Waals surface area (Å²) < 4.78 is 0. The van der Waals surface area contributed by atoms with E-state index >= 15 is 0 Å². The van der Waals surface area contributed by atoms with Crippen LogP contribution in [0.4, 0.5) is 0 Å². The van der Waals surface area contributed by atoms with E-state index < -0.39 is 5.60 Å². The van der Waals surface area contributed by atoms with Gasteiger partial charge in [-0.3, -0.25) is 4.98 Å². The first kappa shape index (κ1) is 12.3. The molecule has 0 bridgehead atoms. The van der Waals surface area contributed by atoms with Crippen LogP contribution in [0.5, 0.6) is 0 Å². The molecule has 0 amide bonds. The summed E-state index contributed by atoms with van der Waals surface area (Å²) in [5.74, 6) is 0. The summed E-state index contributed by atoms with van der Waals surface area (Å²) >= 11 is 0. The van der Waals surface area contributed by atoms with E-state index in [2.05, 4.69) is 17.1 Å². The number of pyridine rings is 1. The fourth-order valence-corrected chi connectivity index (χ4v) is 3.24. The van der Waals surface area contributed by atoms with Crippen LogP contribution in [0.25, 0.3) is 11.1 Å². The highest BCUT2D eigenvalue weighted by molar-refractivity contribution is 5.82. The molecular weight excluding hydrogens is 258 g/mol. The van der Waals surface area contributed by atoms with E-state index in [0.29, 0.717) is 0 Å². The number of rotatable bonds is 1. The molecule has 1 unspecified atom stereocenters. The van der Waals surface area contributed by atoms with Crippen LogP contribution < -0.4 is 0 Å². The SMILES string of the molecule is Cc1cc2c(cn1)C(O)(c1ccccc1)c1ccccc1-2. The van der Waals surface area contributed by atoms with Crippen molar-refractivity contribution in [3.05, 3.63) is 89.2 Å². The number of hydrogen-bond donors (Lipinski definition) is 1. The second kappa shape index (κ2) is 4.27. The largest absolute Gasteiger partial charge is 0.376 e. The zero-order chi connectivity index (χ0) is 14.4. The number of fused-ring (bicyclic) bond motifs is 3. The lowest BCUT2D eigenvalue weighted by atomic mass is 9.85. The maximum atomic E-state index is 11.5. The average molecular weight is 273 g/mol. The molecule has 1 aromatic heterocycles. The third-order valence-corrected chi connectivity index (χ3v) is 4.23. The van der Waals surface area contributed by atoms with Crippen LogP contribution in [-0.2, 0) is 5.60 Å². The number of nitrogens with zero attached hydrogens (tertiary/aromatic N) is 1. The van der Waals surface area contributed by atoms with Gasteiger partial charge in [0.2, 0.25) is 0 Å². The van der Waals surface area contributed by atoms with E-state index in [1.165, 1.54) is 0 Å². The normalized spacial score (nSPS) is 19.1. The summed E-state index contributed by atoms with van der Waals surface area (Å²) in [6, 6.07) is 19.9. The first-order valence-corrected chi connectivity index (χ1v) is 7.06. The van der Waals surface area contributed by atoms with Gasteiger partial charge in [-0.25, -0.2) is 0 Å². The smallest absolute Gasteiger partial charge is 0.143 e. The fourth-order valence-electron chi connectivity index (χ4n) is 3.24.